The van der Waals surface area contributed by atoms with E-state index in [4.69, 9.17) is 9.47 Å². The standard InChI is InChI=1S/C24H25FN2O4/c1-17-5-3-4-6-21(17)27-14-13-20(26(2)16-18-7-9-19(25)10-8-18)15-24(27)30-22(28)11-12-23(29)31-24/h3-12,20H,13-16H2,1-2H3. The fourth-order valence-corrected chi connectivity index (χ4v) is 4.24. The Morgan fingerprint density at radius 2 is 1.71 bits per heavy atom. The third kappa shape index (κ3) is 4.46. The maximum absolute atomic E-state index is 13.2. The van der Waals surface area contributed by atoms with Gasteiger partial charge in [0.1, 0.15) is 5.82 Å². The van der Waals surface area contributed by atoms with Gasteiger partial charge in [-0.05, 0) is 49.7 Å². The van der Waals surface area contributed by atoms with Gasteiger partial charge in [0.15, 0.2) is 0 Å². The molecule has 2 heterocycles. The molecule has 2 aromatic carbocycles. The Hall–Kier alpha value is -3.19. The molecule has 7 heteroatoms. The van der Waals surface area contributed by atoms with E-state index in [1.54, 1.807) is 12.1 Å². The third-order valence-electron chi connectivity index (χ3n) is 5.84. The maximum Gasteiger partial charge on any atom is 0.344 e. The number of halogens is 1. The lowest BCUT2D eigenvalue weighted by Crippen LogP contribution is -2.62. The van der Waals surface area contributed by atoms with E-state index in [1.165, 1.54) is 12.1 Å². The largest absolute Gasteiger partial charge is 0.400 e. The van der Waals surface area contributed by atoms with Crippen LogP contribution in [0, 0.1) is 12.7 Å². The highest BCUT2D eigenvalue weighted by molar-refractivity contribution is 5.93. The molecule has 0 aromatic heterocycles. The third-order valence-corrected chi connectivity index (χ3v) is 5.84. The van der Waals surface area contributed by atoms with E-state index < -0.39 is 17.8 Å². The molecule has 0 N–H and O–H groups in total. The summed E-state index contributed by atoms with van der Waals surface area (Å²) >= 11 is 0. The van der Waals surface area contributed by atoms with Gasteiger partial charge in [-0.1, -0.05) is 30.3 Å². The van der Waals surface area contributed by atoms with Crippen LogP contribution < -0.4 is 4.90 Å². The zero-order valence-electron chi connectivity index (χ0n) is 17.6. The smallest absolute Gasteiger partial charge is 0.344 e. The number of ether oxygens (including phenoxy) is 2. The SMILES string of the molecule is Cc1ccccc1N1CCC(N(C)Cc2ccc(F)cc2)CC12OC(=O)C=CC(=O)O2. The number of para-hydroxylation sites is 1. The summed E-state index contributed by atoms with van der Waals surface area (Å²) in [6, 6.07) is 14.1. The number of piperidine rings is 1. The lowest BCUT2D eigenvalue weighted by atomic mass is 9.97. The highest BCUT2D eigenvalue weighted by Gasteiger charge is 2.51. The number of carbonyl (C=O) groups excluding carboxylic acids is 2. The lowest BCUT2D eigenvalue weighted by molar-refractivity contribution is -0.232. The van der Waals surface area contributed by atoms with Gasteiger partial charge in [0.25, 0.3) is 0 Å². The molecule has 0 amide bonds. The van der Waals surface area contributed by atoms with Gasteiger partial charge in [-0.2, -0.15) is 0 Å². The van der Waals surface area contributed by atoms with Crippen LogP contribution >= 0.6 is 0 Å². The number of esters is 2. The Labute approximate surface area is 180 Å². The summed E-state index contributed by atoms with van der Waals surface area (Å²) in [6.07, 6.45) is 3.26. The van der Waals surface area contributed by atoms with Gasteiger partial charge in [0, 0.05) is 37.0 Å². The second-order valence-corrected chi connectivity index (χ2v) is 8.01. The van der Waals surface area contributed by atoms with Gasteiger partial charge >= 0.3 is 17.8 Å². The average molecular weight is 424 g/mol. The second kappa shape index (κ2) is 8.51. The summed E-state index contributed by atoms with van der Waals surface area (Å²) in [4.78, 5) is 28.7. The maximum atomic E-state index is 13.2. The summed E-state index contributed by atoms with van der Waals surface area (Å²) in [5.74, 6) is -3.05. The first-order valence-corrected chi connectivity index (χ1v) is 10.3. The minimum absolute atomic E-state index is 0.0241. The molecule has 6 nitrogen and oxygen atoms in total. The monoisotopic (exact) mass is 424 g/mol. The van der Waals surface area contributed by atoms with Crippen LogP contribution in [-0.4, -0.2) is 42.4 Å². The molecule has 2 aliphatic rings. The molecular formula is C24H25FN2O4. The topological polar surface area (TPSA) is 59.1 Å². The van der Waals surface area contributed by atoms with E-state index in [0.717, 1.165) is 35.4 Å². The fraction of sp³-hybridized carbons (Fsp3) is 0.333. The average Bonchev–Trinajstić information content (AvgIpc) is 2.88. The van der Waals surface area contributed by atoms with Crippen molar-refractivity contribution in [3.63, 3.8) is 0 Å². The number of hydrogen-bond donors (Lipinski definition) is 0. The zero-order valence-corrected chi connectivity index (χ0v) is 17.6. The van der Waals surface area contributed by atoms with Crippen LogP contribution in [0.2, 0.25) is 0 Å². The van der Waals surface area contributed by atoms with Crippen LogP contribution in [0.15, 0.2) is 60.7 Å². The van der Waals surface area contributed by atoms with E-state index >= 15 is 0 Å². The van der Waals surface area contributed by atoms with E-state index in [-0.39, 0.29) is 18.3 Å². The highest BCUT2D eigenvalue weighted by atomic mass is 19.1. The molecule has 31 heavy (non-hydrogen) atoms. The van der Waals surface area contributed by atoms with Gasteiger partial charge in [0.2, 0.25) is 0 Å². The molecule has 1 atom stereocenters. The Morgan fingerprint density at radius 3 is 2.35 bits per heavy atom. The van der Waals surface area contributed by atoms with Crippen LogP contribution in [0.25, 0.3) is 0 Å². The molecule has 162 valence electrons. The number of anilines is 1. The van der Waals surface area contributed by atoms with Crippen LogP contribution in [0.1, 0.15) is 24.0 Å². The van der Waals surface area contributed by atoms with E-state index in [1.807, 2.05) is 43.1 Å². The van der Waals surface area contributed by atoms with Gasteiger partial charge in [-0.25, -0.2) is 14.0 Å². The summed E-state index contributed by atoms with van der Waals surface area (Å²) < 4.78 is 24.8. The van der Waals surface area contributed by atoms with Crippen LogP contribution in [0.5, 0.6) is 0 Å². The molecule has 1 unspecified atom stereocenters. The molecule has 0 saturated carbocycles. The van der Waals surface area contributed by atoms with Crippen molar-refractivity contribution in [3.8, 4) is 0 Å². The molecule has 0 bridgehead atoms. The summed E-state index contributed by atoms with van der Waals surface area (Å²) in [7, 11) is 1.96. The van der Waals surface area contributed by atoms with E-state index in [2.05, 4.69) is 4.90 Å². The Balaban J connectivity index is 1.63. The number of carbonyl (C=O) groups is 2. The van der Waals surface area contributed by atoms with Crippen molar-refractivity contribution in [1.29, 1.82) is 0 Å². The van der Waals surface area contributed by atoms with Crippen molar-refractivity contribution in [2.45, 2.75) is 38.3 Å². The van der Waals surface area contributed by atoms with Crippen LogP contribution in [0.3, 0.4) is 0 Å². The van der Waals surface area contributed by atoms with Gasteiger partial charge in [-0.3, -0.25) is 9.80 Å². The number of hydrogen-bond acceptors (Lipinski definition) is 6. The van der Waals surface area contributed by atoms with E-state index in [9.17, 15) is 14.0 Å². The predicted octanol–water partition coefficient (Wildman–Crippen LogP) is 3.54. The minimum Gasteiger partial charge on any atom is -0.400 e. The Morgan fingerprint density at radius 1 is 1.06 bits per heavy atom. The van der Waals surface area contributed by atoms with Crippen LogP contribution in [0.4, 0.5) is 10.1 Å². The fourth-order valence-electron chi connectivity index (χ4n) is 4.24. The van der Waals surface area contributed by atoms with Crippen molar-refractivity contribution in [3.05, 3.63) is 77.6 Å². The number of rotatable bonds is 4. The number of nitrogens with zero attached hydrogens (tertiary/aromatic N) is 2. The van der Waals surface area contributed by atoms with Gasteiger partial charge in [-0.15, -0.1) is 0 Å². The molecule has 1 saturated heterocycles. The predicted molar refractivity (Wildman–Crippen MR) is 113 cm³/mol. The quantitative estimate of drug-likeness (QED) is 0.700. The molecule has 2 aromatic rings. The number of benzene rings is 2. The van der Waals surface area contributed by atoms with Crippen molar-refractivity contribution >= 4 is 17.6 Å². The first-order valence-electron chi connectivity index (χ1n) is 10.3. The molecule has 0 aliphatic carbocycles. The highest BCUT2D eigenvalue weighted by Crippen LogP contribution is 2.39. The van der Waals surface area contributed by atoms with Gasteiger partial charge in [0.05, 0.1) is 6.42 Å². The number of aryl methyl sites for hydroxylation is 1. The van der Waals surface area contributed by atoms with Crippen molar-refractivity contribution < 1.29 is 23.5 Å². The van der Waals surface area contributed by atoms with Crippen molar-refractivity contribution in [2.24, 2.45) is 0 Å². The molecule has 4 rings (SSSR count). The lowest BCUT2D eigenvalue weighted by Gasteiger charge is -2.49. The summed E-state index contributed by atoms with van der Waals surface area (Å²) in [5.41, 5.74) is 2.81. The van der Waals surface area contributed by atoms with E-state index in [0.29, 0.717) is 13.1 Å². The summed E-state index contributed by atoms with van der Waals surface area (Å²) in [5, 5.41) is 0. The normalized spacial score (nSPS) is 20.5. The van der Waals surface area contributed by atoms with Crippen LogP contribution in [-0.2, 0) is 25.6 Å². The van der Waals surface area contributed by atoms with Crippen molar-refractivity contribution in [1.82, 2.24) is 4.90 Å². The Bertz CT molecular complexity index is 985. The molecular weight excluding hydrogens is 399 g/mol. The minimum atomic E-state index is -1.54. The molecule has 1 fully saturated rings. The van der Waals surface area contributed by atoms with Crippen molar-refractivity contribution in [2.75, 3.05) is 18.5 Å². The molecule has 2 aliphatic heterocycles. The zero-order chi connectivity index (χ0) is 22.0. The van der Waals surface area contributed by atoms with Gasteiger partial charge < -0.3 is 9.47 Å². The molecule has 1 spiro atoms. The second-order valence-electron chi connectivity index (χ2n) is 8.01. The Kier molecular flexibility index (Phi) is 5.78. The molecule has 0 radical (unpaired) electrons. The first-order chi connectivity index (χ1) is 14.9. The summed E-state index contributed by atoms with van der Waals surface area (Å²) in [6.45, 7) is 3.09. The first kappa shape index (κ1) is 21.1.